The van der Waals surface area contributed by atoms with Crippen LogP contribution in [0.4, 0.5) is 5.69 Å². The summed E-state index contributed by atoms with van der Waals surface area (Å²) >= 11 is 1.39. The van der Waals surface area contributed by atoms with Crippen LogP contribution in [0.1, 0.15) is 51.6 Å². The number of thiophene rings is 1. The Kier molecular flexibility index (Phi) is 4.81. The fraction of sp³-hybridized carbons (Fsp3) is 0.238. The quantitative estimate of drug-likeness (QED) is 0.657. The average Bonchev–Trinajstić information content (AvgIpc) is 3.17. The van der Waals surface area contributed by atoms with Crippen LogP contribution in [0.25, 0.3) is 0 Å². The molecule has 1 fully saturated rings. The van der Waals surface area contributed by atoms with E-state index in [1.165, 1.54) is 11.3 Å². The van der Waals surface area contributed by atoms with Crippen molar-refractivity contribution in [1.29, 1.82) is 0 Å². The van der Waals surface area contributed by atoms with Gasteiger partial charge in [0.05, 0.1) is 17.2 Å². The van der Waals surface area contributed by atoms with Crippen molar-refractivity contribution in [3.05, 3.63) is 76.4 Å². The normalized spacial score (nSPS) is 14.6. The number of nitrogens with zero attached hydrogens (tertiary/aromatic N) is 1. The molecular weight excluding hydrogens is 360 g/mol. The zero-order chi connectivity index (χ0) is 18.8. The molecule has 1 saturated carbocycles. The first-order valence-corrected chi connectivity index (χ1v) is 9.82. The molecule has 1 aliphatic carbocycles. The second-order valence-corrected chi connectivity index (χ2v) is 7.59. The number of hydrogen-bond acceptors (Lipinski definition) is 4. The highest BCUT2D eigenvalue weighted by atomic mass is 32.1. The maximum atomic E-state index is 13.1. The second-order valence-electron chi connectivity index (χ2n) is 6.64. The van der Waals surface area contributed by atoms with E-state index in [1.807, 2.05) is 35.4 Å². The van der Waals surface area contributed by atoms with Crippen molar-refractivity contribution in [2.24, 2.45) is 0 Å². The van der Waals surface area contributed by atoms with E-state index in [4.69, 9.17) is 4.42 Å². The van der Waals surface area contributed by atoms with E-state index in [0.717, 1.165) is 18.6 Å². The zero-order valence-electron chi connectivity index (χ0n) is 14.9. The molecule has 2 amide bonds. The van der Waals surface area contributed by atoms with Crippen LogP contribution in [0.3, 0.4) is 0 Å². The molecule has 0 unspecified atom stereocenters. The summed E-state index contributed by atoms with van der Waals surface area (Å²) in [6, 6.07) is 14.6. The lowest BCUT2D eigenvalue weighted by Gasteiger charge is -2.28. The molecule has 5 nitrogen and oxygen atoms in total. The van der Waals surface area contributed by atoms with Gasteiger partial charge in [0.25, 0.3) is 11.8 Å². The molecular formula is C21H20N2O3S. The molecule has 0 spiro atoms. The van der Waals surface area contributed by atoms with Gasteiger partial charge in [0, 0.05) is 17.3 Å². The van der Waals surface area contributed by atoms with E-state index >= 15 is 0 Å². The third-order valence-corrected chi connectivity index (χ3v) is 5.55. The molecule has 0 aliphatic heterocycles. The van der Waals surface area contributed by atoms with Crippen molar-refractivity contribution in [3.8, 4) is 0 Å². The summed E-state index contributed by atoms with van der Waals surface area (Å²) in [6.45, 7) is 1.99. The van der Waals surface area contributed by atoms with Crippen molar-refractivity contribution in [3.63, 3.8) is 0 Å². The van der Waals surface area contributed by atoms with Crippen molar-refractivity contribution in [2.75, 3.05) is 5.32 Å². The highest BCUT2D eigenvalue weighted by Crippen LogP contribution is 2.35. The van der Waals surface area contributed by atoms with E-state index in [2.05, 4.69) is 5.32 Å². The Labute approximate surface area is 161 Å². The lowest BCUT2D eigenvalue weighted by atomic mass is 10.1. The topological polar surface area (TPSA) is 62.6 Å². The molecule has 138 valence electrons. The summed E-state index contributed by atoms with van der Waals surface area (Å²) in [4.78, 5) is 27.8. The first kappa shape index (κ1) is 17.5. The highest BCUT2D eigenvalue weighted by Gasteiger charge is 2.37. The SMILES string of the molecule is C[C@H](c1ccco1)N(C(=O)c1ccc(NC(=O)c2cccs2)cc1)C1CC1. The summed E-state index contributed by atoms with van der Waals surface area (Å²) in [6.07, 6.45) is 3.67. The minimum Gasteiger partial charge on any atom is -0.467 e. The van der Waals surface area contributed by atoms with E-state index in [-0.39, 0.29) is 23.9 Å². The maximum Gasteiger partial charge on any atom is 0.265 e. The van der Waals surface area contributed by atoms with E-state index in [1.54, 1.807) is 36.6 Å². The van der Waals surface area contributed by atoms with Gasteiger partial charge in [-0.15, -0.1) is 11.3 Å². The summed E-state index contributed by atoms with van der Waals surface area (Å²) < 4.78 is 5.50. The van der Waals surface area contributed by atoms with Gasteiger partial charge in [0.1, 0.15) is 5.76 Å². The number of benzene rings is 1. The Balaban J connectivity index is 1.48. The van der Waals surface area contributed by atoms with Crippen molar-refractivity contribution < 1.29 is 14.0 Å². The predicted octanol–water partition coefficient (Wildman–Crippen LogP) is 4.96. The van der Waals surface area contributed by atoms with Crippen molar-refractivity contribution >= 4 is 28.8 Å². The molecule has 0 saturated heterocycles. The van der Waals surface area contributed by atoms with Gasteiger partial charge in [0.2, 0.25) is 0 Å². The zero-order valence-corrected chi connectivity index (χ0v) is 15.7. The van der Waals surface area contributed by atoms with Gasteiger partial charge in [-0.3, -0.25) is 9.59 Å². The molecule has 2 aromatic heterocycles. The van der Waals surface area contributed by atoms with E-state index in [0.29, 0.717) is 16.1 Å². The van der Waals surface area contributed by atoms with Crippen LogP contribution in [0.2, 0.25) is 0 Å². The number of carbonyl (C=O) groups excluding carboxylic acids is 2. The molecule has 1 aromatic carbocycles. The molecule has 3 aromatic rings. The molecule has 0 bridgehead atoms. The lowest BCUT2D eigenvalue weighted by molar-refractivity contribution is 0.0652. The smallest absolute Gasteiger partial charge is 0.265 e. The van der Waals surface area contributed by atoms with E-state index < -0.39 is 0 Å². The van der Waals surface area contributed by atoms with Crippen LogP contribution >= 0.6 is 11.3 Å². The predicted molar refractivity (Wildman–Crippen MR) is 105 cm³/mol. The van der Waals surface area contributed by atoms with Gasteiger partial charge >= 0.3 is 0 Å². The number of anilines is 1. The molecule has 6 heteroatoms. The highest BCUT2D eigenvalue weighted by molar-refractivity contribution is 7.12. The van der Waals surface area contributed by atoms with Gasteiger partial charge in [-0.05, 0) is 67.6 Å². The van der Waals surface area contributed by atoms with Crippen LogP contribution < -0.4 is 5.32 Å². The number of hydrogen-bond donors (Lipinski definition) is 1. The van der Waals surface area contributed by atoms with Crippen LogP contribution in [0.15, 0.2) is 64.6 Å². The Morgan fingerprint density at radius 1 is 1.15 bits per heavy atom. The van der Waals surface area contributed by atoms with Crippen LogP contribution in [0.5, 0.6) is 0 Å². The Bertz CT molecular complexity index is 913. The number of amides is 2. The summed E-state index contributed by atoms with van der Waals surface area (Å²) in [7, 11) is 0. The lowest BCUT2D eigenvalue weighted by Crippen LogP contribution is -2.35. The summed E-state index contributed by atoms with van der Waals surface area (Å²) in [5, 5.41) is 4.72. The van der Waals surface area contributed by atoms with Gasteiger partial charge in [-0.1, -0.05) is 6.07 Å². The summed E-state index contributed by atoms with van der Waals surface area (Å²) in [5.74, 6) is 0.628. The molecule has 4 rings (SSSR count). The van der Waals surface area contributed by atoms with Crippen molar-refractivity contribution in [1.82, 2.24) is 4.90 Å². The standard InChI is InChI=1S/C21H20N2O3S/c1-14(18-4-2-12-26-18)23(17-10-11-17)21(25)15-6-8-16(9-7-15)22-20(24)19-5-3-13-27-19/h2-9,12-14,17H,10-11H2,1H3,(H,22,24)/t14-/m1/s1. The Morgan fingerprint density at radius 3 is 2.52 bits per heavy atom. The maximum absolute atomic E-state index is 13.1. The minimum atomic E-state index is -0.143. The second kappa shape index (κ2) is 7.40. The summed E-state index contributed by atoms with van der Waals surface area (Å²) in [5.41, 5.74) is 1.27. The fourth-order valence-corrected chi connectivity index (χ4v) is 3.74. The van der Waals surface area contributed by atoms with Gasteiger partial charge < -0.3 is 14.6 Å². The number of carbonyl (C=O) groups is 2. The number of nitrogens with one attached hydrogen (secondary N) is 1. The van der Waals surface area contributed by atoms with Crippen LogP contribution in [-0.4, -0.2) is 22.8 Å². The third-order valence-electron chi connectivity index (χ3n) is 4.68. The molecule has 1 N–H and O–H groups in total. The van der Waals surface area contributed by atoms with Gasteiger partial charge in [-0.25, -0.2) is 0 Å². The average molecular weight is 380 g/mol. The molecule has 27 heavy (non-hydrogen) atoms. The molecule has 1 atom stereocenters. The molecule has 0 radical (unpaired) electrons. The molecule has 2 heterocycles. The first-order valence-electron chi connectivity index (χ1n) is 8.94. The monoisotopic (exact) mass is 380 g/mol. The first-order chi connectivity index (χ1) is 13.1. The Morgan fingerprint density at radius 2 is 1.93 bits per heavy atom. The number of rotatable bonds is 6. The van der Waals surface area contributed by atoms with Crippen LogP contribution in [0, 0.1) is 0 Å². The van der Waals surface area contributed by atoms with E-state index in [9.17, 15) is 9.59 Å². The third kappa shape index (κ3) is 3.80. The molecule has 1 aliphatic rings. The van der Waals surface area contributed by atoms with Crippen LogP contribution in [-0.2, 0) is 0 Å². The largest absolute Gasteiger partial charge is 0.467 e. The van der Waals surface area contributed by atoms with Crippen molar-refractivity contribution in [2.45, 2.75) is 31.8 Å². The fourth-order valence-electron chi connectivity index (χ4n) is 3.12. The van der Waals surface area contributed by atoms with Gasteiger partial charge in [-0.2, -0.15) is 0 Å². The minimum absolute atomic E-state index is 0.0162. The number of furan rings is 1. The Hall–Kier alpha value is -2.86. The van der Waals surface area contributed by atoms with Gasteiger partial charge in [0.15, 0.2) is 0 Å².